The maximum atomic E-state index is 13.3. The van der Waals surface area contributed by atoms with Gasteiger partial charge < -0.3 is 15.0 Å². The average Bonchev–Trinajstić information content (AvgIpc) is 2.72. The lowest BCUT2D eigenvalue weighted by Gasteiger charge is -2.31. The van der Waals surface area contributed by atoms with Gasteiger partial charge in [-0.25, -0.2) is 0 Å². The summed E-state index contributed by atoms with van der Waals surface area (Å²) in [5.41, 5.74) is 4.24. The van der Waals surface area contributed by atoms with Crippen molar-refractivity contribution in [1.82, 2.24) is 10.2 Å². The molecule has 0 aliphatic rings. The molecule has 5 nitrogen and oxygen atoms in total. The SMILES string of the molecule is CC[C@H](C)NC(=O)[C@H](CC)N(Cc1cccc(C)c1)C(=O)COc1ccc(C)cc1C. The highest BCUT2D eigenvalue weighted by Crippen LogP contribution is 2.20. The number of nitrogens with one attached hydrogen (secondary N) is 1. The molecule has 5 heteroatoms. The van der Waals surface area contributed by atoms with E-state index in [1.165, 1.54) is 0 Å². The van der Waals surface area contributed by atoms with E-state index in [1.54, 1.807) is 4.90 Å². The number of benzene rings is 2. The number of ether oxygens (including phenoxy) is 1. The first kappa shape index (κ1) is 24.4. The van der Waals surface area contributed by atoms with Crippen LogP contribution in [0.2, 0.25) is 0 Å². The fourth-order valence-electron chi connectivity index (χ4n) is 3.55. The average molecular weight is 425 g/mol. The van der Waals surface area contributed by atoms with E-state index in [1.807, 2.05) is 84.0 Å². The van der Waals surface area contributed by atoms with Gasteiger partial charge >= 0.3 is 0 Å². The van der Waals surface area contributed by atoms with Crippen molar-refractivity contribution in [2.24, 2.45) is 0 Å². The third kappa shape index (κ3) is 7.12. The molecule has 31 heavy (non-hydrogen) atoms. The highest BCUT2D eigenvalue weighted by molar-refractivity contribution is 5.88. The highest BCUT2D eigenvalue weighted by atomic mass is 16.5. The Labute approximate surface area is 186 Å². The van der Waals surface area contributed by atoms with E-state index in [-0.39, 0.29) is 24.5 Å². The molecule has 0 fully saturated rings. The molecule has 0 aromatic heterocycles. The molecule has 2 aromatic rings. The van der Waals surface area contributed by atoms with E-state index < -0.39 is 6.04 Å². The van der Waals surface area contributed by atoms with Crippen LogP contribution in [0.15, 0.2) is 42.5 Å². The predicted octanol–water partition coefficient (Wildman–Crippen LogP) is 4.71. The quantitative estimate of drug-likeness (QED) is 0.601. The molecular weight excluding hydrogens is 388 g/mol. The molecule has 0 saturated heterocycles. The van der Waals surface area contributed by atoms with Crippen LogP contribution in [-0.4, -0.2) is 35.4 Å². The van der Waals surface area contributed by atoms with Crippen LogP contribution < -0.4 is 10.1 Å². The number of amides is 2. The van der Waals surface area contributed by atoms with Crippen LogP contribution in [0.3, 0.4) is 0 Å². The molecule has 0 spiro atoms. The number of carbonyl (C=O) groups is 2. The molecule has 0 radical (unpaired) electrons. The Morgan fingerprint density at radius 1 is 1.00 bits per heavy atom. The fraction of sp³-hybridized carbons (Fsp3) is 0.462. The van der Waals surface area contributed by atoms with Crippen molar-refractivity contribution in [2.45, 2.75) is 73.0 Å². The second-order valence-electron chi connectivity index (χ2n) is 8.31. The number of aryl methyl sites for hydroxylation is 3. The normalized spacial score (nSPS) is 12.7. The van der Waals surface area contributed by atoms with E-state index >= 15 is 0 Å². The molecule has 0 saturated carbocycles. The minimum atomic E-state index is -0.551. The maximum absolute atomic E-state index is 13.3. The molecule has 2 atom stereocenters. The Kier molecular flexibility index (Phi) is 9.10. The zero-order chi connectivity index (χ0) is 23.0. The van der Waals surface area contributed by atoms with Crippen molar-refractivity contribution in [3.8, 4) is 5.75 Å². The predicted molar refractivity (Wildman–Crippen MR) is 125 cm³/mol. The van der Waals surface area contributed by atoms with Crippen molar-refractivity contribution in [2.75, 3.05) is 6.61 Å². The van der Waals surface area contributed by atoms with Crippen LogP contribution in [0.5, 0.6) is 5.75 Å². The van der Waals surface area contributed by atoms with Gasteiger partial charge in [0.1, 0.15) is 11.8 Å². The van der Waals surface area contributed by atoms with Gasteiger partial charge in [-0.3, -0.25) is 9.59 Å². The molecule has 0 aliphatic carbocycles. The number of hydrogen-bond acceptors (Lipinski definition) is 3. The lowest BCUT2D eigenvalue weighted by molar-refractivity contribution is -0.143. The van der Waals surface area contributed by atoms with Gasteiger partial charge in [-0.2, -0.15) is 0 Å². The first-order chi connectivity index (χ1) is 14.7. The lowest BCUT2D eigenvalue weighted by atomic mass is 10.1. The molecule has 168 valence electrons. The minimum absolute atomic E-state index is 0.0592. The van der Waals surface area contributed by atoms with Crippen LogP contribution in [0.25, 0.3) is 0 Å². The van der Waals surface area contributed by atoms with Gasteiger partial charge in [-0.15, -0.1) is 0 Å². The van der Waals surface area contributed by atoms with Crippen molar-refractivity contribution in [3.63, 3.8) is 0 Å². The van der Waals surface area contributed by atoms with E-state index in [4.69, 9.17) is 4.74 Å². The van der Waals surface area contributed by atoms with Gasteiger partial charge in [-0.1, -0.05) is 61.4 Å². The third-order valence-electron chi connectivity index (χ3n) is 5.50. The number of hydrogen-bond donors (Lipinski definition) is 1. The molecule has 2 rings (SSSR count). The summed E-state index contributed by atoms with van der Waals surface area (Å²) >= 11 is 0. The monoisotopic (exact) mass is 424 g/mol. The number of rotatable bonds is 10. The number of nitrogens with zero attached hydrogens (tertiary/aromatic N) is 1. The van der Waals surface area contributed by atoms with Gasteiger partial charge in [0.25, 0.3) is 5.91 Å². The summed E-state index contributed by atoms with van der Waals surface area (Å²) < 4.78 is 5.85. The largest absolute Gasteiger partial charge is 0.483 e. The lowest BCUT2D eigenvalue weighted by Crippen LogP contribution is -2.51. The van der Waals surface area contributed by atoms with Crippen LogP contribution in [0, 0.1) is 20.8 Å². The van der Waals surface area contributed by atoms with E-state index in [0.29, 0.717) is 18.7 Å². The fourth-order valence-corrected chi connectivity index (χ4v) is 3.55. The van der Waals surface area contributed by atoms with E-state index in [0.717, 1.165) is 28.7 Å². The summed E-state index contributed by atoms with van der Waals surface area (Å²) in [5, 5.41) is 3.03. The van der Waals surface area contributed by atoms with Gasteiger partial charge in [0.15, 0.2) is 6.61 Å². The molecule has 2 aromatic carbocycles. The molecular formula is C26H36N2O3. The standard InChI is InChI=1S/C26H36N2O3/c1-7-21(6)27-26(30)23(8-2)28(16-22-11-9-10-18(3)15-22)25(29)17-31-24-13-12-19(4)14-20(24)5/h9-15,21,23H,7-8,16-17H2,1-6H3,(H,27,30)/t21-,23-/m0/s1. The topological polar surface area (TPSA) is 58.6 Å². The minimum Gasteiger partial charge on any atom is -0.483 e. The third-order valence-corrected chi connectivity index (χ3v) is 5.50. The first-order valence-corrected chi connectivity index (χ1v) is 11.1. The Bertz CT molecular complexity index is 894. The second kappa shape index (κ2) is 11.5. The summed E-state index contributed by atoms with van der Waals surface area (Å²) in [6.07, 6.45) is 1.37. The highest BCUT2D eigenvalue weighted by Gasteiger charge is 2.29. The smallest absolute Gasteiger partial charge is 0.261 e. The van der Waals surface area contributed by atoms with Crippen LogP contribution in [-0.2, 0) is 16.1 Å². The van der Waals surface area contributed by atoms with Crippen molar-refractivity contribution < 1.29 is 14.3 Å². The Balaban J connectivity index is 2.23. The van der Waals surface area contributed by atoms with Gasteiger partial charge in [0.05, 0.1) is 0 Å². The van der Waals surface area contributed by atoms with Crippen LogP contribution in [0.4, 0.5) is 0 Å². The van der Waals surface area contributed by atoms with E-state index in [9.17, 15) is 9.59 Å². The zero-order valence-corrected chi connectivity index (χ0v) is 19.7. The first-order valence-electron chi connectivity index (χ1n) is 11.1. The summed E-state index contributed by atoms with van der Waals surface area (Å²) in [5.74, 6) is 0.364. The Hall–Kier alpha value is -2.82. The van der Waals surface area contributed by atoms with E-state index in [2.05, 4.69) is 5.32 Å². The molecule has 0 bridgehead atoms. The maximum Gasteiger partial charge on any atom is 0.261 e. The zero-order valence-electron chi connectivity index (χ0n) is 19.7. The molecule has 0 aliphatic heterocycles. The Morgan fingerprint density at radius 3 is 2.32 bits per heavy atom. The summed E-state index contributed by atoms with van der Waals surface area (Å²) in [7, 11) is 0. The van der Waals surface area contributed by atoms with Crippen molar-refractivity contribution in [3.05, 3.63) is 64.7 Å². The summed E-state index contributed by atoms with van der Waals surface area (Å²) in [4.78, 5) is 27.9. The van der Waals surface area contributed by atoms with Gasteiger partial charge in [-0.05, 0) is 57.7 Å². The van der Waals surface area contributed by atoms with Crippen LogP contribution >= 0.6 is 0 Å². The second-order valence-corrected chi connectivity index (χ2v) is 8.31. The molecule has 2 amide bonds. The summed E-state index contributed by atoms with van der Waals surface area (Å²) in [6.45, 7) is 12.2. The van der Waals surface area contributed by atoms with Gasteiger partial charge in [0, 0.05) is 12.6 Å². The Morgan fingerprint density at radius 2 is 1.71 bits per heavy atom. The van der Waals surface area contributed by atoms with Crippen molar-refractivity contribution >= 4 is 11.8 Å². The van der Waals surface area contributed by atoms with Crippen LogP contribution in [0.1, 0.15) is 55.9 Å². The molecule has 0 heterocycles. The molecule has 1 N–H and O–H groups in total. The molecule has 0 unspecified atom stereocenters. The van der Waals surface area contributed by atoms with Gasteiger partial charge in [0.2, 0.25) is 5.91 Å². The summed E-state index contributed by atoms with van der Waals surface area (Å²) in [6, 6.07) is 13.4. The number of carbonyl (C=O) groups excluding carboxylic acids is 2. The van der Waals surface area contributed by atoms with Crippen molar-refractivity contribution in [1.29, 1.82) is 0 Å².